The summed E-state index contributed by atoms with van der Waals surface area (Å²) in [5.41, 5.74) is 1.02. The Labute approximate surface area is 193 Å². The highest BCUT2D eigenvalue weighted by Crippen LogP contribution is 2.45. The number of methoxy groups -OCH3 is 2. The number of furan rings is 1. The number of amides is 1. The van der Waals surface area contributed by atoms with Gasteiger partial charge in [0.2, 0.25) is 5.78 Å². The molecule has 8 heteroatoms. The molecule has 0 fully saturated rings. The summed E-state index contributed by atoms with van der Waals surface area (Å²) in [6.45, 7) is 2.26. The highest BCUT2D eigenvalue weighted by atomic mass is 79.9. The van der Waals surface area contributed by atoms with Gasteiger partial charge < -0.3 is 23.9 Å². The third-order valence-corrected chi connectivity index (χ3v) is 5.94. The molecule has 2 aromatic carbocycles. The number of nitrogens with zero attached hydrogens (tertiary/aromatic N) is 1. The highest BCUT2D eigenvalue weighted by molar-refractivity contribution is 9.10. The van der Waals surface area contributed by atoms with Gasteiger partial charge >= 0.3 is 0 Å². The van der Waals surface area contributed by atoms with Crippen LogP contribution in [0.15, 0.2) is 62.7 Å². The van der Waals surface area contributed by atoms with Crippen molar-refractivity contribution in [3.8, 4) is 11.5 Å². The van der Waals surface area contributed by atoms with Crippen molar-refractivity contribution in [2.45, 2.75) is 19.4 Å². The van der Waals surface area contributed by atoms with Crippen LogP contribution in [-0.4, -0.2) is 42.5 Å². The van der Waals surface area contributed by atoms with Crippen molar-refractivity contribution < 1.29 is 28.6 Å². The van der Waals surface area contributed by atoms with Gasteiger partial charge in [-0.1, -0.05) is 35.0 Å². The van der Waals surface area contributed by atoms with Gasteiger partial charge in [0, 0.05) is 22.0 Å². The summed E-state index contributed by atoms with van der Waals surface area (Å²) in [6, 6.07) is 11.4. The van der Waals surface area contributed by atoms with Crippen molar-refractivity contribution in [2.75, 3.05) is 20.8 Å². The number of aliphatic hydroxyl groups excluding tert-OH is 1. The van der Waals surface area contributed by atoms with Crippen molar-refractivity contribution in [2.24, 2.45) is 0 Å². The normalized spacial score (nSPS) is 16.2. The Balaban J connectivity index is 1.88. The Hall–Kier alpha value is -3.26. The Morgan fingerprint density at radius 1 is 1.19 bits per heavy atom. The average molecular weight is 500 g/mol. The van der Waals surface area contributed by atoms with Gasteiger partial charge in [-0.25, -0.2) is 0 Å². The number of ether oxygens (including phenoxy) is 2. The van der Waals surface area contributed by atoms with Crippen molar-refractivity contribution in [3.05, 3.63) is 69.6 Å². The summed E-state index contributed by atoms with van der Waals surface area (Å²) in [7, 11) is 3.00. The Bertz CT molecular complexity index is 1240. The molecule has 3 aromatic rings. The summed E-state index contributed by atoms with van der Waals surface area (Å²) >= 11 is 3.40. The van der Waals surface area contributed by atoms with E-state index in [1.807, 2.05) is 19.1 Å². The van der Waals surface area contributed by atoms with E-state index in [9.17, 15) is 14.7 Å². The topological polar surface area (TPSA) is 89.2 Å². The number of rotatable bonds is 7. The van der Waals surface area contributed by atoms with Crippen LogP contribution in [0, 0.1) is 0 Å². The molecule has 32 heavy (non-hydrogen) atoms. The van der Waals surface area contributed by atoms with E-state index in [0.29, 0.717) is 35.6 Å². The van der Waals surface area contributed by atoms with Gasteiger partial charge in [-0.3, -0.25) is 9.59 Å². The molecule has 7 nitrogen and oxygen atoms in total. The second kappa shape index (κ2) is 8.70. The van der Waals surface area contributed by atoms with Gasteiger partial charge in [0.1, 0.15) is 5.58 Å². The van der Waals surface area contributed by atoms with Gasteiger partial charge in [0.15, 0.2) is 23.0 Å². The zero-order valence-corrected chi connectivity index (χ0v) is 19.4. The van der Waals surface area contributed by atoms with Crippen molar-refractivity contribution in [1.82, 2.24) is 4.90 Å². The minimum absolute atomic E-state index is 0.0395. The first-order chi connectivity index (χ1) is 15.4. The molecule has 1 amide bonds. The van der Waals surface area contributed by atoms with Crippen LogP contribution < -0.4 is 9.47 Å². The summed E-state index contributed by atoms with van der Waals surface area (Å²) < 4.78 is 17.6. The number of carbonyl (C=O) groups is 2. The van der Waals surface area contributed by atoms with E-state index in [0.717, 1.165) is 9.86 Å². The second-order valence-electron chi connectivity index (χ2n) is 7.37. The number of ketones is 1. The fourth-order valence-electron chi connectivity index (χ4n) is 4.07. The first-order valence-electron chi connectivity index (χ1n) is 10.1. The largest absolute Gasteiger partial charge is 0.503 e. The van der Waals surface area contributed by atoms with Crippen LogP contribution in [0.2, 0.25) is 0 Å². The Morgan fingerprint density at radius 2 is 1.97 bits per heavy atom. The van der Waals surface area contributed by atoms with Crippen molar-refractivity contribution >= 4 is 38.6 Å². The molecule has 1 atom stereocenters. The van der Waals surface area contributed by atoms with Gasteiger partial charge in [-0.2, -0.15) is 0 Å². The average Bonchev–Trinajstić information content (AvgIpc) is 3.32. The van der Waals surface area contributed by atoms with Gasteiger partial charge in [-0.15, -0.1) is 0 Å². The van der Waals surface area contributed by atoms with Crippen molar-refractivity contribution in [1.29, 1.82) is 0 Å². The van der Waals surface area contributed by atoms with Crippen LogP contribution in [0.4, 0.5) is 0 Å². The molecule has 1 aliphatic rings. The lowest BCUT2D eigenvalue weighted by atomic mass is 9.94. The zero-order valence-electron chi connectivity index (χ0n) is 17.8. The minimum Gasteiger partial charge on any atom is -0.503 e. The van der Waals surface area contributed by atoms with Gasteiger partial charge in [0.25, 0.3) is 5.91 Å². The number of halogens is 1. The van der Waals surface area contributed by atoms with Crippen LogP contribution in [0.3, 0.4) is 0 Å². The molecule has 4 rings (SSSR count). The summed E-state index contributed by atoms with van der Waals surface area (Å²) in [5, 5.41) is 11.5. The molecule has 0 bridgehead atoms. The number of benzene rings is 2. The van der Waals surface area contributed by atoms with E-state index in [1.165, 1.54) is 19.1 Å². The van der Waals surface area contributed by atoms with Crippen LogP contribution in [0.1, 0.15) is 35.5 Å². The number of para-hydroxylation sites is 1. The monoisotopic (exact) mass is 499 g/mol. The number of hydrogen-bond acceptors (Lipinski definition) is 6. The van der Waals surface area contributed by atoms with E-state index in [2.05, 4.69) is 15.9 Å². The molecule has 1 N–H and O–H groups in total. The molecular weight excluding hydrogens is 478 g/mol. The van der Waals surface area contributed by atoms with Crippen LogP contribution in [0.25, 0.3) is 11.0 Å². The number of Topliss-reactive ketones (excluding diaryl/α,β-unsaturated/α-hetero) is 1. The number of hydrogen-bond donors (Lipinski definition) is 1. The number of carbonyl (C=O) groups excluding carboxylic acids is 2. The molecule has 2 heterocycles. The third kappa shape index (κ3) is 3.54. The molecule has 1 aromatic heterocycles. The molecule has 0 saturated carbocycles. The summed E-state index contributed by atoms with van der Waals surface area (Å²) in [5.74, 6) is -0.860. The van der Waals surface area contributed by atoms with E-state index in [-0.39, 0.29) is 11.3 Å². The van der Waals surface area contributed by atoms with E-state index >= 15 is 0 Å². The molecule has 0 radical (unpaired) electrons. The SMILES string of the molecule is CCCN1C(=O)C(O)=C(C(=O)c2cc3cc(Br)ccc3o2)C1c1cccc(OC)c1OC. The molecule has 0 aliphatic carbocycles. The first-order valence-corrected chi connectivity index (χ1v) is 10.9. The second-order valence-corrected chi connectivity index (χ2v) is 8.28. The lowest BCUT2D eigenvalue weighted by Gasteiger charge is -2.28. The van der Waals surface area contributed by atoms with E-state index in [4.69, 9.17) is 13.9 Å². The predicted molar refractivity (Wildman–Crippen MR) is 122 cm³/mol. The predicted octanol–water partition coefficient (Wildman–Crippen LogP) is 5.20. The van der Waals surface area contributed by atoms with Crippen LogP contribution in [-0.2, 0) is 4.79 Å². The quantitative estimate of drug-likeness (QED) is 0.449. The van der Waals surface area contributed by atoms with Crippen LogP contribution in [0.5, 0.6) is 11.5 Å². The maximum Gasteiger partial charge on any atom is 0.290 e. The van der Waals surface area contributed by atoms with E-state index in [1.54, 1.807) is 30.3 Å². The first kappa shape index (κ1) is 22.0. The smallest absolute Gasteiger partial charge is 0.290 e. The number of aliphatic hydroxyl groups is 1. The fraction of sp³-hybridized carbons (Fsp3) is 0.250. The summed E-state index contributed by atoms with van der Waals surface area (Å²) in [4.78, 5) is 28.0. The van der Waals surface area contributed by atoms with Crippen LogP contribution >= 0.6 is 15.9 Å². The Kier molecular flexibility index (Phi) is 5.97. The molecule has 1 unspecified atom stereocenters. The summed E-state index contributed by atoms with van der Waals surface area (Å²) in [6.07, 6.45) is 0.641. The maximum atomic E-state index is 13.6. The third-order valence-electron chi connectivity index (χ3n) is 5.44. The van der Waals surface area contributed by atoms with E-state index < -0.39 is 23.5 Å². The van der Waals surface area contributed by atoms with Gasteiger partial charge in [0.05, 0.1) is 25.8 Å². The lowest BCUT2D eigenvalue weighted by Crippen LogP contribution is -2.32. The Morgan fingerprint density at radius 3 is 2.66 bits per heavy atom. The standard InChI is InChI=1S/C24H22BrNO6/c1-4-10-26-20(15-6-5-7-17(30-2)23(15)31-3)19(22(28)24(26)29)21(27)18-12-13-11-14(25)8-9-16(13)32-18/h5-9,11-12,20,28H,4,10H2,1-3H3. The van der Waals surface area contributed by atoms with Gasteiger partial charge in [-0.05, 0) is 36.8 Å². The lowest BCUT2D eigenvalue weighted by molar-refractivity contribution is -0.129. The molecule has 166 valence electrons. The molecular formula is C24H22BrNO6. The number of fused-ring (bicyclic) bond motifs is 1. The van der Waals surface area contributed by atoms with Crippen molar-refractivity contribution in [3.63, 3.8) is 0 Å². The maximum absolute atomic E-state index is 13.6. The fourth-order valence-corrected chi connectivity index (χ4v) is 4.45. The minimum atomic E-state index is -0.847. The molecule has 0 spiro atoms. The zero-order chi connectivity index (χ0) is 23.0. The molecule has 1 aliphatic heterocycles. The highest BCUT2D eigenvalue weighted by Gasteiger charge is 2.45. The molecule has 0 saturated heterocycles.